The molecule has 2 aliphatic carbocycles. The first-order chi connectivity index (χ1) is 5.25. The SMILES string of the molecule is CP(C)OC1CC2C=CC1C2. The molecule has 3 unspecified atom stereocenters. The first kappa shape index (κ1) is 7.76. The molecule has 2 rings (SSSR count). The smallest absolute Gasteiger partial charge is 0.0685 e. The summed E-state index contributed by atoms with van der Waals surface area (Å²) in [5.41, 5.74) is 0. The van der Waals surface area contributed by atoms with E-state index in [1.807, 2.05) is 0 Å². The van der Waals surface area contributed by atoms with Crippen molar-refractivity contribution < 1.29 is 4.52 Å². The van der Waals surface area contributed by atoms with Gasteiger partial charge in [-0.25, -0.2) is 0 Å². The van der Waals surface area contributed by atoms with Crippen LogP contribution in [-0.4, -0.2) is 19.4 Å². The predicted molar refractivity (Wildman–Crippen MR) is 49.0 cm³/mol. The Morgan fingerprint density at radius 1 is 1.27 bits per heavy atom. The molecule has 0 heterocycles. The highest BCUT2D eigenvalue weighted by Crippen LogP contribution is 2.45. The largest absolute Gasteiger partial charge is 0.356 e. The highest BCUT2D eigenvalue weighted by Gasteiger charge is 2.36. The summed E-state index contributed by atoms with van der Waals surface area (Å²) in [5, 5.41) is 0. The lowest BCUT2D eigenvalue weighted by molar-refractivity contribution is 0.198. The summed E-state index contributed by atoms with van der Waals surface area (Å²) in [5.74, 6) is 1.60. The van der Waals surface area contributed by atoms with E-state index >= 15 is 0 Å². The maximum atomic E-state index is 5.86. The maximum Gasteiger partial charge on any atom is 0.0685 e. The fourth-order valence-corrected chi connectivity index (χ4v) is 2.91. The molecule has 2 bridgehead atoms. The summed E-state index contributed by atoms with van der Waals surface area (Å²) in [7, 11) is -0.157. The first-order valence-electron chi connectivity index (χ1n) is 4.28. The zero-order valence-corrected chi connectivity index (χ0v) is 8.05. The van der Waals surface area contributed by atoms with Crippen molar-refractivity contribution in [3.63, 3.8) is 0 Å². The number of hydrogen-bond donors (Lipinski definition) is 0. The van der Waals surface area contributed by atoms with Crippen LogP contribution in [0.15, 0.2) is 12.2 Å². The number of allylic oxidation sites excluding steroid dienone is 1. The molecule has 1 saturated carbocycles. The highest BCUT2D eigenvalue weighted by molar-refractivity contribution is 7.50. The van der Waals surface area contributed by atoms with E-state index in [0.29, 0.717) is 6.10 Å². The van der Waals surface area contributed by atoms with Gasteiger partial charge in [-0.15, -0.1) is 0 Å². The molecule has 2 aliphatic rings. The summed E-state index contributed by atoms with van der Waals surface area (Å²) in [6.07, 6.45) is 7.90. The monoisotopic (exact) mass is 170 g/mol. The molecule has 1 fully saturated rings. The molecular formula is C9H15OP. The molecule has 0 aromatic carbocycles. The molecule has 62 valence electrons. The summed E-state index contributed by atoms with van der Waals surface area (Å²) >= 11 is 0. The van der Waals surface area contributed by atoms with Gasteiger partial charge in [-0.3, -0.25) is 0 Å². The topological polar surface area (TPSA) is 9.23 Å². The molecule has 0 amide bonds. The van der Waals surface area contributed by atoms with Gasteiger partial charge in [-0.1, -0.05) is 12.2 Å². The molecule has 0 saturated heterocycles. The van der Waals surface area contributed by atoms with Crippen molar-refractivity contribution in [2.45, 2.75) is 18.9 Å². The Labute approximate surface area is 69.7 Å². The molecule has 0 radical (unpaired) electrons. The van der Waals surface area contributed by atoms with E-state index in [4.69, 9.17) is 4.52 Å². The van der Waals surface area contributed by atoms with Gasteiger partial charge in [0.15, 0.2) is 0 Å². The molecule has 3 atom stereocenters. The summed E-state index contributed by atoms with van der Waals surface area (Å²) in [6.45, 7) is 4.37. The Balaban J connectivity index is 1.93. The van der Waals surface area contributed by atoms with Gasteiger partial charge in [-0.05, 0) is 32.1 Å². The van der Waals surface area contributed by atoms with Gasteiger partial charge in [0.25, 0.3) is 0 Å². The van der Waals surface area contributed by atoms with Crippen LogP contribution in [0.2, 0.25) is 0 Å². The van der Waals surface area contributed by atoms with Crippen LogP contribution in [0.4, 0.5) is 0 Å². The van der Waals surface area contributed by atoms with Crippen LogP contribution >= 0.6 is 8.15 Å². The molecule has 0 aliphatic heterocycles. The van der Waals surface area contributed by atoms with Crippen LogP contribution in [0.25, 0.3) is 0 Å². The van der Waals surface area contributed by atoms with Crippen molar-refractivity contribution in [1.29, 1.82) is 0 Å². The Bertz CT molecular complexity index is 176. The van der Waals surface area contributed by atoms with E-state index in [0.717, 1.165) is 11.8 Å². The Morgan fingerprint density at radius 2 is 2.09 bits per heavy atom. The molecule has 1 nitrogen and oxygen atoms in total. The normalized spacial score (nSPS) is 40.8. The van der Waals surface area contributed by atoms with E-state index in [2.05, 4.69) is 25.5 Å². The second kappa shape index (κ2) is 2.88. The van der Waals surface area contributed by atoms with Gasteiger partial charge in [-0.2, -0.15) is 0 Å². The van der Waals surface area contributed by atoms with Crippen molar-refractivity contribution in [3.8, 4) is 0 Å². The van der Waals surface area contributed by atoms with Crippen molar-refractivity contribution in [3.05, 3.63) is 12.2 Å². The molecule has 0 aromatic heterocycles. The lowest BCUT2D eigenvalue weighted by atomic mass is 10.1. The molecule has 0 N–H and O–H groups in total. The van der Waals surface area contributed by atoms with Gasteiger partial charge in [0.1, 0.15) is 0 Å². The fourth-order valence-electron chi connectivity index (χ4n) is 2.12. The van der Waals surface area contributed by atoms with Crippen LogP contribution in [0.1, 0.15) is 12.8 Å². The average molecular weight is 170 g/mol. The summed E-state index contributed by atoms with van der Waals surface area (Å²) in [6, 6.07) is 0. The van der Waals surface area contributed by atoms with Crippen molar-refractivity contribution in [2.24, 2.45) is 11.8 Å². The molecule has 0 aromatic rings. The van der Waals surface area contributed by atoms with Crippen LogP contribution < -0.4 is 0 Å². The lowest BCUT2D eigenvalue weighted by Crippen LogP contribution is -2.15. The predicted octanol–water partition coefficient (Wildman–Crippen LogP) is 2.62. The minimum absolute atomic E-state index is 0.157. The summed E-state index contributed by atoms with van der Waals surface area (Å²) < 4.78 is 5.86. The van der Waals surface area contributed by atoms with Crippen LogP contribution in [0.3, 0.4) is 0 Å². The van der Waals surface area contributed by atoms with Gasteiger partial charge >= 0.3 is 0 Å². The summed E-state index contributed by atoms with van der Waals surface area (Å²) in [4.78, 5) is 0. The molecular weight excluding hydrogens is 155 g/mol. The number of fused-ring (bicyclic) bond motifs is 2. The van der Waals surface area contributed by atoms with E-state index in [1.165, 1.54) is 12.8 Å². The third-order valence-corrected chi connectivity index (χ3v) is 3.26. The van der Waals surface area contributed by atoms with Gasteiger partial charge in [0, 0.05) is 14.1 Å². The Morgan fingerprint density at radius 3 is 2.55 bits per heavy atom. The molecule has 11 heavy (non-hydrogen) atoms. The second-order valence-electron chi connectivity index (χ2n) is 3.74. The van der Waals surface area contributed by atoms with Crippen LogP contribution in [-0.2, 0) is 4.52 Å². The van der Waals surface area contributed by atoms with Gasteiger partial charge < -0.3 is 4.52 Å². The molecule has 0 spiro atoms. The molecule has 2 heteroatoms. The Kier molecular flexibility index (Phi) is 2.03. The average Bonchev–Trinajstić information content (AvgIpc) is 2.45. The zero-order chi connectivity index (χ0) is 7.84. The quantitative estimate of drug-likeness (QED) is 0.457. The first-order valence-corrected chi connectivity index (χ1v) is 6.43. The fraction of sp³-hybridized carbons (Fsp3) is 0.778. The highest BCUT2D eigenvalue weighted by atomic mass is 31.1. The van der Waals surface area contributed by atoms with Gasteiger partial charge in [0.2, 0.25) is 0 Å². The Hall–Kier alpha value is 0.130. The van der Waals surface area contributed by atoms with E-state index in [9.17, 15) is 0 Å². The third-order valence-electron chi connectivity index (χ3n) is 2.56. The van der Waals surface area contributed by atoms with Crippen molar-refractivity contribution in [1.82, 2.24) is 0 Å². The minimum atomic E-state index is -0.157. The van der Waals surface area contributed by atoms with E-state index < -0.39 is 0 Å². The second-order valence-corrected chi connectivity index (χ2v) is 5.57. The van der Waals surface area contributed by atoms with E-state index in [1.54, 1.807) is 0 Å². The zero-order valence-electron chi connectivity index (χ0n) is 7.16. The third kappa shape index (κ3) is 1.50. The van der Waals surface area contributed by atoms with Crippen molar-refractivity contribution in [2.75, 3.05) is 13.3 Å². The minimum Gasteiger partial charge on any atom is -0.356 e. The van der Waals surface area contributed by atoms with Crippen molar-refractivity contribution >= 4 is 8.15 Å². The lowest BCUT2D eigenvalue weighted by Gasteiger charge is -2.20. The number of hydrogen-bond acceptors (Lipinski definition) is 1. The number of rotatable bonds is 2. The maximum absolute atomic E-state index is 5.86. The van der Waals surface area contributed by atoms with E-state index in [-0.39, 0.29) is 8.15 Å². The van der Waals surface area contributed by atoms with Gasteiger partial charge in [0.05, 0.1) is 6.10 Å². The van der Waals surface area contributed by atoms with Crippen LogP contribution in [0.5, 0.6) is 0 Å². The van der Waals surface area contributed by atoms with Crippen LogP contribution in [0, 0.1) is 11.8 Å². The standard InChI is InChI=1S/C9H15OP/c1-11(2)10-9-6-7-3-4-8(9)5-7/h3-4,7-9H,5-6H2,1-2H3.